The molecule has 5 aromatic rings. The van der Waals surface area contributed by atoms with Crippen LogP contribution in [0.2, 0.25) is 0 Å². The number of rotatable bonds is 6. The molecule has 2 aromatic carbocycles. The average molecular weight is 407 g/mol. The van der Waals surface area contributed by atoms with Gasteiger partial charge in [0.1, 0.15) is 5.69 Å². The van der Waals surface area contributed by atoms with Crippen molar-refractivity contribution >= 4 is 16.7 Å². The molecule has 0 aliphatic carbocycles. The van der Waals surface area contributed by atoms with E-state index in [1.54, 1.807) is 23.1 Å². The molecule has 8 nitrogen and oxygen atoms in total. The first-order chi connectivity index (χ1) is 15.2. The summed E-state index contributed by atoms with van der Waals surface area (Å²) in [6.07, 6.45) is 5.45. The Bertz CT molecular complexity index is 1420. The lowest BCUT2D eigenvalue weighted by Gasteiger charge is -2.02. The lowest BCUT2D eigenvalue weighted by atomic mass is 10.0. The monoisotopic (exact) mass is 407 g/mol. The minimum Gasteiger partial charge on any atom is -0.292 e. The summed E-state index contributed by atoms with van der Waals surface area (Å²) in [6, 6.07) is 17.2. The summed E-state index contributed by atoms with van der Waals surface area (Å²) in [6.45, 7) is 0.533. The number of hydrogen-bond acceptors (Lipinski definition) is 5. The van der Waals surface area contributed by atoms with Gasteiger partial charge in [0.15, 0.2) is 5.78 Å². The summed E-state index contributed by atoms with van der Waals surface area (Å²) in [7, 11) is 0. The molecule has 0 bridgehead atoms. The third kappa shape index (κ3) is 3.72. The zero-order valence-electron chi connectivity index (χ0n) is 16.4. The quantitative estimate of drug-likeness (QED) is 0.418. The van der Waals surface area contributed by atoms with Gasteiger partial charge in [-0.25, -0.2) is 0 Å². The Morgan fingerprint density at radius 3 is 2.87 bits per heavy atom. The number of nitriles is 1. The highest BCUT2D eigenvalue weighted by molar-refractivity contribution is 6.07. The molecule has 0 unspecified atom stereocenters. The van der Waals surface area contributed by atoms with Crippen molar-refractivity contribution in [2.75, 3.05) is 0 Å². The third-order valence-corrected chi connectivity index (χ3v) is 5.09. The van der Waals surface area contributed by atoms with Crippen molar-refractivity contribution in [2.45, 2.75) is 13.0 Å². The van der Waals surface area contributed by atoms with Crippen molar-refractivity contribution in [2.24, 2.45) is 0 Å². The number of ketones is 1. The van der Waals surface area contributed by atoms with Crippen molar-refractivity contribution in [1.29, 1.82) is 5.26 Å². The predicted molar refractivity (Wildman–Crippen MR) is 114 cm³/mol. The molecule has 0 spiro atoms. The van der Waals surface area contributed by atoms with Gasteiger partial charge < -0.3 is 0 Å². The summed E-state index contributed by atoms with van der Waals surface area (Å²) in [5.74, 6) is -0.0773. The Labute approximate surface area is 177 Å². The zero-order valence-corrected chi connectivity index (χ0v) is 16.4. The van der Waals surface area contributed by atoms with Crippen molar-refractivity contribution in [3.05, 3.63) is 89.5 Å². The Morgan fingerprint density at radius 1 is 1.10 bits per heavy atom. The number of fused-ring (bicyclic) bond motifs is 1. The Hall–Kier alpha value is -4.51. The van der Waals surface area contributed by atoms with E-state index < -0.39 is 0 Å². The average Bonchev–Trinajstić information content (AvgIpc) is 3.54. The van der Waals surface area contributed by atoms with E-state index >= 15 is 0 Å². The molecule has 150 valence electrons. The molecular formula is C23H17N7O. The molecule has 3 heterocycles. The maximum atomic E-state index is 12.9. The highest BCUT2D eigenvalue weighted by Crippen LogP contribution is 2.24. The van der Waals surface area contributed by atoms with Gasteiger partial charge in [-0.3, -0.25) is 19.7 Å². The minimum atomic E-state index is -0.0773. The first-order valence-corrected chi connectivity index (χ1v) is 9.71. The highest BCUT2D eigenvalue weighted by atomic mass is 16.1. The van der Waals surface area contributed by atoms with E-state index in [-0.39, 0.29) is 12.2 Å². The van der Waals surface area contributed by atoms with Crippen LogP contribution >= 0.6 is 0 Å². The molecule has 5 rings (SSSR count). The fraction of sp³-hybridized carbons (Fsp3) is 0.0870. The second kappa shape index (κ2) is 7.72. The van der Waals surface area contributed by atoms with Crippen LogP contribution in [-0.2, 0) is 13.0 Å². The highest BCUT2D eigenvalue weighted by Gasteiger charge is 2.16. The second-order valence-corrected chi connectivity index (χ2v) is 7.26. The number of aromatic nitrogens is 6. The number of H-pyrrole nitrogens is 2. The number of nitrogens with one attached hydrogen (secondary N) is 2. The molecule has 0 fully saturated rings. The fourth-order valence-electron chi connectivity index (χ4n) is 3.60. The minimum absolute atomic E-state index is 0.0773. The molecule has 0 saturated carbocycles. The number of carbonyl (C=O) groups is 1. The molecule has 0 amide bonds. The first-order valence-electron chi connectivity index (χ1n) is 9.71. The van der Waals surface area contributed by atoms with Crippen LogP contribution in [0.25, 0.3) is 22.2 Å². The second-order valence-electron chi connectivity index (χ2n) is 7.26. The van der Waals surface area contributed by atoms with Crippen LogP contribution in [0.15, 0.2) is 67.1 Å². The summed E-state index contributed by atoms with van der Waals surface area (Å²) >= 11 is 0. The van der Waals surface area contributed by atoms with Crippen LogP contribution in [0.3, 0.4) is 0 Å². The topological polar surface area (TPSA) is 116 Å². The van der Waals surface area contributed by atoms with Gasteiger partial charge in [0.05, 0.1) is 35.6 Å². The number of carbonyl (C=O) groups excluding carboxylic acids is 1. The van der Waals surface area contributed by atoms with E-state index in [2.05, 4.69) is 31.6 Å². The number of aromatic amines is 2. The largest absolute Gasteiger partial charge is 0.292 e. The van der Waals surface area contributed by atoms with Gasteiger partial charge in [0.25, 0.3) is 0 Å². The molecule has 0 aliphatic heterocycles. The predicted octanol–water partition coefficient (Wildman–Crippen LogP) is 3.49. The van der Waals surface area contributed by atoms with Gasteiger partial charge in [-0.05, 0) is 41.5 Å². The first kappa shape index (κ1) is 18.5. The van der Waals surface area contributed by atoms with Gasteiger partial charge in [0.2, 0.25) is 0 Å². The summed E-state index contributed by atoms with van der Waals surface area (Å²) in [5, 5.41) is 28.3. The molecule has 0 atom stereocenters. The van der Waals surface area contributed by atoms with Gasteiger partial charge in [-0.1, -0.05) is 18.2 Å². The Balaban J connectivity index is 1.32. The van der Waals surface area contributed by atoms with Crippen LogP contribution in [0.1, 0.15) is 27.2 Å². The molecule has 0 saturated heterocycles. The van der Waals surface area contributed by atoms with Crippen molar-refractivity contribution in [3.8, 4) is 17.3 Å². The van der Waals surface area contributed by atoms with Crippen molar-refractivity contribution in [3.63, 3.8) is 0 Å². The van der Waals surface area contributed by atoms with E-state index in [1.807, 2.05) is 48.7 Å². The van der Waals surface area contributed by atoms with Gasteiger partial charge >= 0.3 is 0 Å². The van der Waals surface area contributed by atoms with Crippen LogP contribution in [-0.4, -0.2) is 36.0 Å². The number of benzene rings is 2. The third-order valence-electron chi connectivity index (χ3n) is 5.09. The van der Waals surface area contributed by atoms with Crippen LogP contribution < -0.4 is 0 Å². The van der Waals surface area contributed by atoms with Gasteiger partial charge in [-0.2, -0.15) is 20.6 Å². The molecule has 0 aliphatic rings. The van der Waals surface area contributed by atoms with E-state index in [0.29, 0.717) is 17.8 Å². The molecular weight excluding hydrogens is 390 g/mol. The normalized spacial score (nSPS) is 10.9. The number of Topliss-reactive ketones (excluding diaryl/α,β-unsaturated/α-hetero) is 1. The molecule has 2 N–H and O–H groups in total. The summed E-state index contributed by atoms with van der Waals surface area (Å²) < 4.78 is 1.76. The van der Waals surface area contributed by atoms with E-state index in [1.165, 1.54) is 0 Å². The van der Waals surface area contributed by atoms with E-state index in [4.69, 9.17) is 5.26 Å². The zero-order chi connectivity index (χ0) is 21.2. The Kier molecular flexibility index (Phi) is 4.61. The maximum Gasteiger partial charge on any atom is 0.188 e. The van der Waals surface area contributed by atoms with Crippen molar-refractivity contribution in [1.82, 2.24) is 30.2 Å². The summed E-state index contributed by atoms with van der Waals surface area (Å²) in [4.78, 5) is 12.9. The van der Waals surface area contributed by atoms with Crippen LogP contribution in [0.5, 0.6) is 0 Å². The van der Waals surface area contributed by atoms with Crippen LogP contribution in [0.4, 0.5) is 0 Å². The molecule has 8 heteroatoms. The summed E-state index contributed by atoms with van der Waals surface area (Å²) in [5.41, 5.74) is 5.48. The lowest BCUT2D eigenvalue weighted by molar-refractivity contribution is 0.0989. The standard InChI is InChI=1S/C23H17N7O/c24-11-15-2-1-3-16(8-15)13-30-14-17(12-26-30)9-22(31)23-19-5-4-18(10-21(19)28-29-23)20-6-7-25-27-20/h1-8,10,12,14H,9,13H2,(H,25,27)(H,28,29). The van der Waals surface area contributed by atoms with Gasteiger partial charge in [0, 0.05) is 29.8 Å². The van der Waals surface area contributed by atoms with Gasteiger partial charge in [-0.15, -0.1) is 0 Å². The smallest absolute Gasteiger partial charge is 0.188 e. The van der Waals surface area contributed by atoms with E-state index in [0.717, 1.165) is 33.3 Å². The van der Waals surface area contributed by atoms with E-state index in [9.17, 15) is 4.79 Å². The molecule has 0 radical (unpaired) electrons. The maximum absolute atomic E-state index is 12.9. The van der Waals surface area contributed by atoms with Crippen LogP contribution in [0, 0.1) is 11.3 Å². The number of hydrogen-bond donors (Lipinski definition) is 2. The molecule has 31 heavy (non-hydrogen) atoms. The molecule has 3 aromatic heterocycles. The van der Waals surface area contributed by atoms with Crippen molar-refractivity contribution < 1.29 is 4.79 Å². The SMILES string of the molecule is N#Cc1cccc(Cn2cc(CC(=O)c3n[nH]c4cc(-c5ccn[nH]5)ccc34)cn2)c1. The fourth-order valence-corrected chi connectivity index (χ4v) is 3.60. The number of nitrogens with zero attached hydrogens (tertiary/aromatic N) is 5. The Morgan fingerprint density at radius 2 is 2.03 bits per heavy atom. The lowest BCUT2D eigenvalue weighted by Crippen LogP contribution is -2.04.